The molecule has 1 amide bonds. The maximum absolute atomic E-state index is 11.7. The van der Waals surface area contributed by atoms with Crippen LogP contribution in [0.5, 0.6) is 0 Å². The first-order chi connectivity index (χ1) is 9.56. The Kier molecular flexibility index (Phi) is 7.05. The molecule has 4 nitrogen and oxygen atoms in total. The van der Waals surface area contributed by atoms with E-state index in [2.05, 4.69) is 29.0 Å². The third-order valence-corrected chi connectivity index (χ3v) is 2.96. The largest absolute Gasteiger partial charge is 0.370 e. The number of aromatic nitrogens is 1. The first-order valence-electron chi connectivity index (χ1n) is 7.57. The third-order valence-electron chi connectivity index (χ3n) is 2.96. The molecule has 0 aliphatic carbocycles. The van der Waals surface area contributed by atoms with E-state index in [0.29, 0.717) is 18.2 Å². The van der Waals surface area contributed by atoms with Gasteiger partial charge in [0, 0.05) is 19.5 Å². The van der Waals surface area contributed by atoms with Gasteiger partial charge in [-0.25, -0.2) is 4.98 Å². The van der Waals surface area contributed by atoms with E-state index >= 15 is 0 Å². The summed E-state index contributed by atoms with van der Waals surface area (Å²) >= 11 is 0. The predicted octanol–water partition coefficient (Wildman–Crippen LogP) is 3.69. The van der Waals surface area contributed by atoms with Crippen molar-refractivity contribution in [1.82, 2.24) is 4.98 Å². The van der Waals surface area contributed by atoms with Gasteiger partial charge in [-0.3, -0.25) is 4.79 Å². The fourth-order valence-corrected chi connectivity index (χ4v) is 2.12. The fraction of sp³-hybridized carbons (Fsp3) is 0.625. The van der Waals surface area contributed by atoms with Gasteiger partial charge in [-0.05, 0) is 30.9 Å². The SMILES string of the molecule is CCCN(CCC)c1ccc(NC(=O)CC(C)C)nc1. The summed E-state index contributed by atoms with van der Waals surface area (Å²) in [4.78, 5) is 18.3. The minimum atomic E-state index is 0.0271. The van der Waals surface area contributed by atoms with Crippen molar-refractivity contribution in [2.45, 2.75) is 47.0 Å². The molecule has 1 aromatic rings. The number of carbonyl (C=O) groups excluding carboxylic acids is 1. The Morgan fingerprint density at radius 1 is 1.25 bits per heavy atom. The maximum Gasteiger partial charge on any atom is 0.225 e. The van der Waals surface area contributed by atoms with Gasteiger partial charge in [0.2, 0.25) is 5.91 Å². The molecule has 0 saturated heterocycles. The summed E-state index contributed by atoms with van der Waals surface area (Å²) in [5.74, 6) is 1.02. The monoisotopic (exact) mass is 277 g/mol. The zero-order valence-corrected chi connectivity index (χ0v) is 13.1. The molecule has 0 fully saturated rings. The highest BCUT2D eigenvalue weighted by Crippen LogP contribution is 2.16. The van der Waals surface area contributed by atoms with Crippen molar-refractivity contribution in [1.29, 1.82) is 0 Å². The van der Waals surface area contributed by atoms with E-state index in [1.165, 1.54) is 0 Å². The summed E-state index contributed by atoms with van der Waals surface area (Å²) in [6, 6.07) is 3.91. The number of amides is 1. The number of carbonyl (C=O) groups is 1. The zero-order valence-electron chi connectivity index (χ0n) is 13.1. The molecule has 1 aromatic heterocycles. The lowest BCUT2D eigenvalue weighted by Gasteiger charge is -2.23. The summed E-state index contributed by atoms with van der Waals surface area (Å²) in [6.45, 7) is 10.5. The van der Waals surface area contributed by atoms with Crippen LogP contribution in [0, 0.1) is 5.92 Å². The number of pyridine rings is 1. The Morgan fingerprint density at radius 2 is 1.90 bits per heavy atom. The smallest absolute Gasteiger partial charge is 0.225 e. The maximum atomic E-state index is 11.7. The highest BCUT2D eigenvalue weighted by molar-refractivity contribution is 5.89. The fourth-order valence-electron chi connectivity index (χ4n) is 2.12. The van der Waals surface area contributed by atoms with E-state index in [1.54, 1.807) is 0 Å². The minimum Gasteiger partial charge on any atom is -0.370 e. The lowest BCUT2D eigenvalue weighted by Crippen LogP contribution is -2.25. The van der Waals surface area contributed by atoms with Crippen molar-refractivity contribution >= 4 is 17.4 Å². The van der Waals surface area contributed by atoms with E-state index in [4.69, 9.17) is 0 Å². The van der Waals surface area contributed by atoms with E-state index in [0.717, 1.165) is 31.6 Å². The average Bonchev–Trinajstić information content (AvgIpc) is 2.38. The second-order valence-electron chi connectivity index (χ2n) is 5.53. The molecule has 112 valence electrons. The lowest BCUT2D eigenvalue weighted by atomic mass is 10.1. The van der Waals surface area contributed by atoms with Gasteiger partial charge in [-0.15, -0.1) is 0 Å². The zero-order chi connectivity index (χ0) is 15.0. The van der Waals surface area contributed by atoms with Crippen molar-refractivity contribution in [2.75, 3.05) is 23.3 Å². The summed E-state index contributed by atoms with van der Waals surface area (Å²) in [6.07, 6.45) is 4.61. The molecule has 1 heterocycles. The average molecular weight is 277 g/mol. The molecule has 0 aliphatic heterocycles. The Bertz CT molecular complexity index is 395. The molecule has 0 aliphatic rings. The highest BCUT2D eigenvalue weighted by atomic mass is 16.1. The molecule has 20 heavy (non-hydrogen) atoms. The van der Waals surface area contributed by atoms with Gasteiger partial charge in [0.15, 0.2) is 0 Å². The van der Waals surface area contributed by atoms with Gasteiger partial charge in [-0.2, -0.15) is 0 Å². The molecule has 0 aromatic carbocycles. The van der Waals surface area contributed by atoms with Crippen molar-refractivity contribution < 1.29 is 4.79 Å². The number of hydrogen-bond acceptors (Lipinski definition) is 3. The Balaban J connectivity index is 2.64. The van der Waals surface area contributed by atoms with Crippen LogP contribution in [0.15, 0.2) is 18.3 Å². The summed E-state index contributed by atoms with van der Waals surface area (Å²) in [7, 11) is 0. The van der Waals surface area contributed by atoms with Crippen LogP contribution >= 0.6 is 0 Å². The summed E-state index contributed by atoms with van der Waals surface area (Å²) in [5.41, 5.74) is 1.12. The van der Waals surface area contributed by atoms with E-state index < -0.39 is 0 Å². The third kappa shape index (κ3) is 5.59. The first-order valence-corrected chi connectivity index (χ1v) is 7.57. The topological polar surface area (TPSA) is 45.2 Å². The molecule has 0 atom stereocenters. The van der Waals surface area contributed by atoms with Gasteiger partial charge >= 0.3 is 0 Å². The lowest BCUT2D eigenvalue weighted by molar-refractivity contribution is -0.116. The standard InChI is InChI=1S/C16H27N3O/c1-5-9-19(10-6-2)14-7-8-15(17-12-14)18-16(20)11-13(3)4/h7-8,12-13H,5-6,9-11H2,1-4H3,(H,17,18,20). The van der Waals surface area contributed by atoms with E-state index in [-0.39, 0.29) is 5.91 Å². The molecular formula is C16H27N3O. The van der Waals surface area contributed by atoms with Crippen LogP contribution in [0.1, 0.15) is 47.0 Å². The minimum absolute atomic E-state index is 0.0271. The van der Waals surface area contributed by atoms with Crippen LogP contribution < -0.4 is 10.2 Å². The quantitative estimate of drug-likeness (QED) is 0.788. The van der Waals surface area contributed by atoms with Crippen LogP contribution in [-0.2, 0) is 4.79 Å². The van der Waals surface area contributed by atoms with E-state index in [9.17, 15) is 4.79 Å². The van der Waals surface area contributed by atoms with Crippen molar-refractivity contribution in [2.24, 2.45) is 5.92 Å². The van der Waals surface area contributed by atoms with Crippen LogP contribution in [0.2, 0.25) is 0 Å². The molecule has 0 radical (unpaired) electrons. The number of nitrogens with one attached hydrogen (secondary N) is 1. The second kappa shape index (κ2) is 8.56. The molecule has 0 unspecified atom stereocenters. The predicted molar refractivity (Wildman–Crippen MR) is 85.1 cm³/mol. The molecule has 1 N–H and O–H groups in total. The molecular weight excluding hydrogens is 250 g/mol. The first kappa shape index (κ1) is 16.5. The molecule has 0 spiro atoms. The van der Waals surface area contributed by atoms with Crippen molar-refractivity contribution in [3.05, 3.63) is 18.3 Å². The van der Waals surface area contributed by atoms with Gasteiger partial charge in [0.25, 0.3) is 0 Å². The summed E-state index contributed by atoms with van der Waals surface area (Å²) in [5, 5.41) is 2.83. The number of hydrogen-bond donors (Lipinski definition) is 1. The van der Waals surface area contributed by atoms with Gasteiger partial charge < -0.3 is 10.2 Å². The molecule has 0 saturated carbocycles. The molecule has 4 heteroatoms. The Hall–Kier alpha value is -1.58. The van der Waals surface area contributed by atoms with Gasteiger partial charge in [0.1, 0.15) is 5.82 Å². The number of nitrogens with zero attached hydrogens (tertiary/aromatic N) is 2. The second-order valence-corrected chi connectivity index (χ2v) is 5.53. The van der Waals surface area contributed by atoms with E-state index in [1.807, 2.05) is 32.2 Å². The van der Waals surface area contributed by atoms with Gasteiger partial charge in [0.05, 0.1) is 11.9 Å². The Morgan fingerprint density at radius 3 is 2.35 bits per heavy atom. The van der Waals surface area contributed by atoms with Gasteiger partial charge in [-0.1, -0.05) is 27.7 Å². The Labute approximate surface area is 122 Å². The van der Waals surface area contributed by atoms with Crippen LogP contribution in [0.3, 0.4) is 0 Å². The van der Waals surface area contributed by atoms with Crippen LogP contribution in [0.25, 0.3) is 0 Å². The highest BCUT2D eigenvalue weighted by Gasteiger charge is 2.08. The normalized spacial score (nSPS) is 10.7. The number of rotatable bonds is 8. The number of anilines is 2. The molecule has 1 rings (SSSR count). The van der Waals surface area contributed by atoms with Crippen molar-refractivity contribution in [3.63, 3.8) is 0 Å². The summed E-state index contributed by atoms with van der Waals surface area (Å²) < 4.78 is 0. The molecule has 0 bridgehead atoms. The van der Waals surface area contributed by atoms with Crippen LogP contribution in [-0.4, -0.2) is 24.0 Å². The van der Waals surface area contributed by atoms with Crippen molar-refractivity contribution in [3.8, 4) is 0 Å². The van der Waals surface area contributed by atoms with Crippen LogP contribution in [0.4, 0.5) is 11.5 Å².